The Hall–Kier alpha value is -1.89. The lowest BCUT2D eigenvalue weighted by atomic mass is 10.1. The van der Waals surface area contributed by atoms with Crippen LogP contribution >= 0.6 is 45.2 Å². The van der Waals surface area contributed by atoms with E-state index in [-0.39, 0.29) is 49.0 Å². The molecule has 3 aromatic rings. The monoisotopic (exact) mass is 582 g/mol. The third kappa shape index (κ3) is 2.92. The molecule has 26 heavy (non-hydrogen) atoms. The van der Waals surface area contributed by atoms with E-state index in [9.17, 15) is 20.1 Å². The number of methoxy groups -OCH3 is 2. The molecule has 1 aromatic heterocycles. The molecular weight excluding hydrogens is 570 g/mol. The number of rotatable bonds is 3. The molecule has 0 aliphatic heterocycles. The first-order chi connectivity index (χ1) is 12.3. The normalized spacial score (nSPS) is 10.9. The smallest absolute Gasteiger partial charge is 0.200 e. The fourth-order valence-corrected chi connectivity index (χ4v) is 4.18. The third-order valence-corrected chi connectivity index (χ3v) is 5.79. The quantitative estimate of drug-likeness (QED) is 0.404. The van der Waals surface area contributed by atoms with Gasteiger partial charge in [-0.15, -0.1) is 0 Å². The van der Waals surface area contributed by atoms with Gasteiger partial charge >= 0.3 is 0 Å². The second kappa shape index (κ2) is 7.02. The molecule has 0 aliphatic carbocycles. The molecule has 0 saturated carbocycles. The minimum Gasteiger partial charge on any atom is -0.506 e. The predicted octanol–water partition coefficient (Wildman–Crippen LogP) is 3.80. The lowest BCUT2D eigenvalue weighted by Crippen LogP contribution is -2.03. The van der Waals surface area contributed by atoms with Crippen LogP contribution in [0.3, 0.4) is 0 Å². The van der Waals surface area contributed by atoms with Crippen molar-refractivity contribution in [1.29, 1.82) is 0 Å². The second-order valence-electron chi connectivity index (χ2n) is 5.23. The number of fused-ring (bicyclic) bond motifs is 1. The van der Waals surface area contributed by atoms with Crippen molar-refractivity contribution in [2.45, 2.75) is 0 Å². The minimum atomic E-state index is -0.472. The number of phenolic OH excluding ortho intramolecular Hbond substituents is 3. The maximum atomic E-state index is 12.6. The summed E-state index contributed by atoms with van der Waals surface area (Å²) < 4.78 is 16.5. The SMILES string of the molecule is COc1cc(-c2cc(=O)c3c(O)c(I)c(O)c(I)c3o2)cc(OC)c1O. The van der Waals surface area contributed by atoms with E-state index in [1.54, 1.807) is 22.6 Å². The van der Waals surface area contributed by atoms with Gasteiger partial charge in [0.25, 0.3) is 0 Å². The highest BCUT2D eigenvalue weighted by Gasteiger charge is 2.22. The van der Waals surface area contributed by atoms with E-state index in [0.717, 1.165) is 0 Å². The van der Waals surface area contributed by atoms with Crippen molar-refractivity contribution in [2.75, 3.05) is 14.2 Å². The van der Waals surface area contributed by atoms with E-state index in [0.29, 0.717) is 9.13 Å². The van der Waals surface area contributed by atoms with Crippen LogP contribution in [0.1, 0.15) is 0 Å². The highest BCUT2D eigenvalue weighted by Crippen LogP contribution is 2.43. The molecule has 3 rings (SSSR count). The summed E-state index contributed by atoms with van der Waals surface area (Å²) in [6.07, 6.45) is 0. The molecule has 0 amide bonds. The van der Waals surface area contributed by atoms with Crippen molar-refractivity contribution in [3.05, 3.63) is 35.6 Å². The van der Waals surface area contributed by atoms with Gasteiger partial charge in [0, 0.05) is 11.6 Å². The molecular formula is C17H12I2O7. The van der Waals surface area contributed by atoms with Crippen LogP contribution in [0.2, 0.25) is 0 Å². The van der Waals surface area contributed by atoms with Gasteiger partial charge in [-0.3, -0.25) is 4.79 Å². The summed E-state index contributed by atoms with van der Waals surface area (Å²) in [6, 6.07) is 4.19. The van der Waals surface area contributed by atoms with Gasteiger partial charge in [0.1, 0.15) is 22.6 Å². The van der Waals surface area contributed by atoms with Crippen molar-refractivity contribution in [3.63, 3.8) is 0 Å². The highest BCUT2D eigenvalue weighted by atomic mass is 127. The molecule has 1 heterocycles. The molecule has 0 fully saturated rings. The van der Waals surface area contributed by atoms with Crippen LogP contribution in [-0.4, -0.2) is 29.5 Å². The molecule has 3 N–H and O–H groups in total. The van der Waals surface area contributed by atoms with Crippen molar-refractivity contribution in [2.24, 2.45) is 0 Å². The van der Waals surface area contributed by atoms with E-state index >= 15 is 0 Å². The molecule has 0 bridgehead atoms. The van der Waals surface area contributed by atoms with Gasteiger partial charge in [-0.25, -0.2) is 0 Å². The molecule has 0 aliphatic rings. The zero-order chi connectivity index (χ0) is 19.2. The van der Waals surface area contributed by atoms with Crippen molar-refractivity contribution in [1.82, 2.24) is 0 Å². The van der Waals surface area contributed by atoms with Gasteiger partial charge in [0.15, 0.2) is 22.5 Å². The van der Waals surface area contributed by atoms with Gasteiger partial charge in [-0.1, -0.05) is 0 Å². The number of aromatic hydroxyl groups is 3. The summed E-state index contributed by atoms with van der Waals surface area (Å²) in [5, 5.41) is 30.3. The number of hydrogen-bond donors (Lipinski definition) is 3. The number of ether oxygens (including phenoxy) is 2. The lowest BCUT2D eigenvalue weighted by Gasteiger charge is -2.12. The minimum absolute atomic E-state index is 0.0157. The molecule has 136 valence electrons. The van der Waals surface area contributed by atoms with Crippen molar-refractivity contribution < 1.29 is 29.2 Å². The molecule has 0 spiro atoms. The van der Waals surface area contributed by atoms with E-state index in [4.69, 9.17) is 13.9 Å². The van der Waals surface area contributed by atoms with Gasteiger partial charge < -0.3 is 29.2 Å². The summed E-state index contributed by atoms with van der Waals surface area (Å²) in [7, 11) is 2.77. The summed E-state index contributed by atoms with van der Waals surface area (Å²) in [4.78, 5) is 12.6. The first kappa shape index (κ1) is 18.9. The molecule has 0 saturated heterocycles. The standard InChI is InChI=1S/C17H12I2O7/c1-24-9-3-6(4-10(25-2)14(9)21)8-5-7(20)11-15(22)12(18)16(23)13(19)17(11)26-8/h3-5,21-23H,1-2H3. The Morgan fingerprint density at radius 3 is 2.00 bits per heavy atom. The van der Waals surface area contributed by atoms with Crippen molar-refractivity contribution >= 4 is 56.2 Å². The fraction of sp³-hybridized carbons (Fsp3) is 0.118. The predicted molar refractivity (Wildman–Crippen MR) is 111 cm³/mol. The van der Waals surface area contributed by atoms with Gasteiger partial charge in [0.2, 0.25) is 5.75 Å². The largest absolute Gasteiger partial charge is 0.506 e. The summed E-state index contributed by atoms with van der Waals surface area (Å²) in [5.41, 5.74) is 0.0129. The summed E-state index contributed by atoms with van der Waals surface area (Å²) in [6.45, 7) is 0. The zero-order valence-corrected chi connectivity index (χ0v) is 17.8. The van der Waals surface area contributed by atoms with E-state index in [2.05, 4.69) is 0 Å². The summed E-state index contributed by atoms with van der Waals surface area (Å²) in [5.74, 6) is -0.231. The average Bonchev–Trinajstić information content (AvgIpc) is 2.64. The van der Waals surface area contributed by atoms with E-state index < -0.39 is 5.43 Å². The molecule has 0 atom stereocenters. The maximum Gasteiger partial charge on any atom is 0.200 e. The molecule has 2 aromatic carbocycles. The van der Waals surface area contributed by atoms with Gasteiger partial charge in [0.05, 0.1) is 21.4 Å². The van der Waals surface area contributed by atoms with Crippen LogP contribution < -0.4 is 14.9 Å². The van der Waals surface area contributed by atoms with Crippen LogP contribution in [0, 0.1) is 7.14 Å². The lowest BCUT2D eigenvalue weighted by molar-refractivity contribution is 0.340. The first-order valence-corrected chi connectivity index (χ1v) is 9.28. The molecule has 0 unspecified atom stereocenters. The molecule has 7 nitrogen and oxygen atoms in total. The van der Waals surface area contributed by atoms with Crippen molar-refractivity contribution in [3.8, 4) is 40.1 Å². The Morgan fingerprint density at radius 1 is 0.885 bits per heavy atom. The third-order valence-electron chi connectivity index (χ3n) is 3.77. The average molecular weight is 582 g/mol. The highest BCUT2D eigenvalue weighted by molar-refractivity contribution is 14.1. The van der Waals surface area contributed by atoms with Gasteiger partial charge in [-0.05, 0) is 57.3 Å². The van der Waals surface area contributed by atoms with Crippen LogP contribution in [0.15, 0.2) is 27.4 Å². The van der Waals surface area contributed by atoms with Crippen LogP contribution in [0.25, 0.3) is 22.3 Å². The second-order valence-corrected chi connectivity index (χ2v) is 7.39. The molecule has 9 heteroatoms. The maximum absolute atomic E-state index is 12.6. The Morgan fingerprint density at radius 2 is 1.46 bits per heavy atom. The number of hydrogen-bond acceptors (Lipinski definition) is 7. The zero-order valence-electron chi connectivity index (χ0n) is 13.5. The number of phenols is 3. The first-order valence-electron chi connectivity index (χ1n) is 7.12. The van der Waals surface area contributed by atoms with Gasteiger partial charge in [-0.2, -0.15) is 0 Å². The summed E-state index contributed by atoms with van der Waals surface area (Å²) >= 11 is 3.60. The number of halogens is 2. The van der Waals surface area contributed by atoms with E-state index in [1.807, 2.05) is 22.6 Å². The Bertz CT molecular complexity index is 1060. The van der Waals surface area contributed by atoms with Crippen LogP contribution in [0.5, 0.6) is 28.7 Å². The molecule has 0 radical (unpaired) electrons. The van der Waals surface area contributed by atoms with Crippen LogP contribution in [0.4, 0.5) is 0 Å². The number of benzene rings is 2. The fourth-order valence-electron chi connectivity index (χ4n) is 2.48. The Kier molecular flexibility index (Phi) is 5.10. The topological polar surface area (TPSA) is 109 Å². The van der Waals surface area contributed by atoms with Crippen LogP contribution in [-0.2, 0) is 0 Å². The van der Waals surface area contributed by atoms with E-state index in [1.165, 1.54) is 32.4 Å². The Labute approximate surface area is 174 Å². The Balaban J connectivity index is 2.37.